The second-order valence-corrected chi connectivity index (χ2v) is 5.93. The van der Waals surface area contributed by atoms with Gasteiger partial charge in [0.05, 0.1) is 5.56 Å². The van der Waals surface area contributed by atoms with Crippen molar-refractivity contribution in [3.8, 4) is 0 Å². The zero-order valence-corrected chi connectivity index (χ0v) is 12.0. The van der Waals surface area contributed by atoms with Crippen LogP contribution in [0.1, 0.15) is 10.4 Å². The maximum absolute atomic E-state index is 11.1. The monoisotopic (exact) mass is 280 g/mol. The first kappa shape index (κ1) is 14.4. The molecule has 0 spiro atoms. The maximum Gasteiger partial charge on any atom is 0.336 e. The SMILES string of the molecule is CN1CCN(CCSc2ccccc2C(=O)O)CC1. The first-order chi connectivity index (χ1) is 9.16. The number of carbonyl (C=O) groups is 1. The Labute approximate surface area is 118 Å². The molecule has 1 fully saturated rings. The predicted octanol–water partition coefficient (Wildman–Crippen LogP) is 1.72. The molecule has 0 bridgehead atoms. The number of piperazine rings is 1. The summed E-state index contributed by atoms with van der Waals surface area (Å²) in [6.07, 6.45) is 0. The Morgan fingerprint density at radius 3 is 2.63 bits per heavy atom. The van der Waals surface area contributed by atoms with E-state index >= 15 is 0 Å². The molecule has 1 aromatic rings. The van der Waals surface area contributed by atoms with Crippen molar-refractivity contribution >= 4 is 17.7 Å². The summed E-state index contributed by atoms with van der Waals surface area (Å²) in [4.78, 5) is 16.7. The molecule has 5 heteroatoms. The van der Waals surface area contributed by atoms with Crippen LogP contribution in [-0.4, -0.2) is 66.4 Å². The number of carboxylic acids is 1. The van der Waals surface area contributed by atoms with Crippen LogP contribution in [0.25, 0.3) is 0 Å². The molecule has 1 saturated heterocycles. The average molecular weight is 280 g/mol. The minimum atomic E-state index is -0.845. The molecule has 104 valence electrons. The van der Waals surface area contributed by atoms with E-state index in [-0.39, 0.29) is 0 Å². The smallest absolute Gasteiger partial charge is 0.336 e. The number of aromatic carboxylic acids is 1. The van der Waals surface area contributed by atoms with Crippen molar-refractivity contribution < 1.29 is 9.90 Å². The fourth-order valence-corrected chi connectivity index (χ4v) is 3.18. The lowest BCUT2D eigenvalue weighted by molar-refractivity contribution is 0.0693. The Morgan fingerprint density at radius 2 is 1.95 bits per heavy atom. The molecule has 0 saturated carbocycles. The molecule has 1 aliphatic heterocycles. The van der Waals surface area contributed by atoms with E-state index in [2.05, 4.69) is 16.8 Å². The first-order valence-electron chi connectivity index (χ1n) is 6.53. The van der Waals surface area contributed by atoms with E-state index in [1.54, 1.807) is 23.9 Å². The van der Waals surface area contributed by atoms with Crippen LogP contribution in [0.5, 0.6) is 0 Å². The Kier molecular flexibility index (Phi) is 5.24. The van der Waals surface area contributed by atoms with E-state index in [4.69, 9.17) is 5.11 Å². The summed E-state index contributed by atoms with van der Waals surface area (Å²) in [6.45, 7) is 5.48. The Hall–Kier alpha value is -1.04. The van der Waals surface area contributed by atoms with Gasteiger partial charge in [-0.2, -0.15) is 0 Å². The van der Waals surface area contributed by atoms with Crippen molar-refractivity contribution in [2.75, 3.05) is 45.5 Å². The Morgan fingerprint density at radius 1 is 1.26 bits per heavy atom. The number of hydrogen-bond donors (Lipinski definition) is 1. The van der Waals surface area contributed by atoms with Crippen LogP contribution in [0.3, 0.4) is 0 Å². The van der Waals surface area contributed by atoms with Crippen LogP contribution < -0.4 is 0 Å². The third kappa shape index (κ3) is 4.23. The molecule has 0 aromatic heterocycles. The van der Waals surface area contributed by atoms with Gasteiger partial charge in [-0.1, -0.05) is 12.1 Å². The van der Waals surface area contributed by atoms with E-state index in [0.29, 0.717) is 5.56 Å². The molecular formula is C14H20N2O2S. The molecule has 0 amide bonds. The first-order valence-corrected chi connectivity index (χ1v) is 7.51. The molecule has 19 heavy (non-hydrogen) atoms. The van der Waals surface area contributed by atoms with Gasteiger partial charge in [0.15, 0.2) is 0 Å². The van der Waals surface area contributed by atoms with Gasteiger partial charge in [-0.25, -0.2) is 4.79 Å². The Bertz CT molecular complexity index is 431. The van der Waals surface area contributed by atoms with Gasteiger partial charge in [0.1, 0.15) is 0 Å². The molecule has 0 radical (unpaired) electrons. The summed E-state index contributed by atoms with van der Waals surface area (Å²) in [5, 5.41) is 9.11. The third-order valence-electron chi connectivity index (χ3n) is 3.38. The largest absolute Gasteiger partial charge is 0.478 e. The number of rotatable bonds is 5. The van der Waals surface area contributed by atoms with Crippen LogP contribution in [0.15, 0.2) is 29.2 Å². The summed E-state index contributed by atoms with van der Waals surface area (Å²) in [6, 6.07) is 7.22. The molecule has 1 aromatic carbocycles. The fraction of sp³-hybridized carbons (Fsp3) is 0.500. The molecule has 0 atom stereocenters. The van der Waals surface area contributed by atoms with Crippen molar-refractivity contribution in [1.29, 1.82) is 0 Å². The predicted molar refractivity (Wildman–Crippen MR) is 78.1 cm³/mol. The maximum atomic E-state index is 11.1. The topological polar surface area (TPSA) is 43.8 Å². The van der Waals surface area contributed by atoms with Crippen LogP contribution in [0.4, 0.5) is 0 Å². The summed E-state index contributed by atoms with van der Waals surface area (Å²) in [5.74, 6) is 0.0938. The number of nitrogens with zero attached hydrogens (tertiary/aromatic N) is 2. The van der Waals surface area contributed by atoms with Crippen molar-refractivity contribution in [2.24, 2.45) is 0 Å². The molecular weight excluding hydrogens is 260 g/mol. The second kappa shape index (κ2) is 6.93. The van der Waals surface area contributed by atoms with Crippen LogP contribution in [0, 0.1) is 0 Å². The van der Waals surface area contributed by atoms with Crippen LogP contribution in [0.2, 0.25) is 0 Å². The number of carboxylic acid groups (broad SMARTS) is 1. The quantitative estimate of drug-likeness (QED) is 0.832. The highest BCUT2D eigenvalue weighted by Gasteiger charge is 2.14. The standard InChI is InChI=1S/C14H20N2O2S/c1-15-6-8-16(9-7-15)10-11-19-13-5-3-2-4-12(13)14(17)18/h2-5H,6-11H2,1H3,(H,17,18). The van der Waals surface area contributed by atoms with E-state index in [1.807, 2.05) is 12.1 Å². The van der Waals surface area contributed by atoms with E-state index in [0.717, 1.165) is 43.4 Å². The fourth-order valence-electron chi connectivity index (χ4n) is 2.13. The summed E-state index contributed by atoms with van der Waals surface area (Å²) >= 11 is 1.63. The highest BCUT2D eigenvalue weighted by Crippen LogP contribution is 2.22. The van der Waals surface area contributed by atoms with Gasteiger partial charge in [0, 0.05) is 43.4 Å². The highest BCUT2D eigenvalue weighted by atomic mass is 32.2. The zero-order valence-electron chi connectivity index (χ0n) is 11.2. The molecule has 1 N–H and O–H groups in total. The lowest BCUT2D eigenvalue weighted by atomic mass is 10.2. The lowest BCUT2D eigenvalue weighted by Gasteiger charge is -2.32. The summed E-state index contributed by atoms with van der Waals surface area (Å²) in [5.41, 5.74) is 0.408. The Balaban J connectivity index is 1.81. The molecule has 1 aliphatic rings. The normalized spacial score (nSPS) is 17.5. The van der Waals surface area contributed by atoms with E-state index < -0.39 is 5.97 Å². The third-order valence-corrected chi connectivity index (χ3v) is 4.43. The van der Waals surface area contributed by atoms with Gasteiger partial charge in [0.2, 0.25) is 0 Å². The van der Waals surface area contributed by atoms with E-state index in [1.165, 1.54) is 0 Å². The van der Waals surface area contributed by atoms with Gasteiger partial charge in [0.25, 0.3) is 0 Å². The van der Waals surface area contributed by atoms with Gasteiger partial charge in [-0.15, -0.1) is 11.8 Å². The van der Waals surface area contributed by atoms with Gasteiger partial charge in [-0.05, 0) is 19.2 Å². The summed E-state index contributed by atoms with van der Waals surface area (Å²) in [7, 11) is 2.15. The number of benzene rings is 1. The minimum Gasteiger partial charge on any atom is -0.478 e. The molecule has 4 nitrogen and oxygen atoms in total. The van der Waals surface area contributed by atoms with Crippen LogP contribution in [-0.2, 0) is 0 Å². The van der Waals surface area contributed by atoms with Crippen molar-refractivity contribution in [2.45, 2.75) is 4.90 Å². The second-order valence-electron chi connectivity index (χ2n) is 4.79. The van der Waals surface area contributed by atoms with Crippen molar-refractivity contribution in [3.63, 3.8) is 0 Å². The van der Waals surface area contributed by atoms with Crippen molar-refractivity contribution in [1.82, 2.24) is 9.80 Å². The zero-order chi connectivity index (χ0) is 13.7. The van der Waals surface area contributed by atoms with Crippen LogP contribution >= 0.6 is 11.8 Å². The molecule has 1 heterocycles. The molecule has 0 unspecified atom stereocenters. The average Bonchev–Trinajstić information content (AvgIpc) is 2.41. The molecule has 0 aliphatic carbocycles. The number of thioether (sulfide) groups is 1. The van der Waals surface area contributed by atoms with Gasteiger partial charge >= 0.3 is 5.97 Å². The van der Waals surface area contributed by atoms with Crippen molar-refractivity contribution in [3.05, 3.63) is 29.8 Å². The summed E-state index contributed by atoms with van der Waals surface area (Å²) < 4.78 is 0. The molecule has 2 rings (SSSR count). The number of hydrogen-bond acceptors (Lipinski definition) is 4. The van der Waals surface area contributed by atoms with E-state index in [9.17, 15) is 4.79 Å². The van der Waals surface area contributed by atoms with Gasteiger partial charge in [-0.3, -0.25) is 4.90 Å². The minimum absolute atomic E-state index is 0.408. The lowest BCUT2D eigenvalue weighted by Crippen LogP contribution is -2.45. The van der Waals surface area contributed by atoms with Gasteiger partial charge < -0.3 is 10.0 Å². The number of likely N-dealkylation sites (N-methyl/N-ethyl adjacent to an activating group) is 1. The highest BCUT2D eigenvalue weighted by molar-refractivity contribution is 7.99.